The summed E-state index contributed by atoms with van der Waals surface area (Å²) < 4.78 is 4.43. The molecule has 3 heterocycles. The Kier molecular flexibility index (Phi) is 8.75. The van der Waals surface area contributed by atoms with Crippen LogP contribution in [0.5, 0.6) is 0 Å². The Labute approximate surface area is 348 Å². The number of rotatable bonds is 8. The Morgan fingerprint density at radius 3 is 2.19 bits per heavy atom. The zero-order chi connectivity index (χ0) is 40.7. The lowest BCUT2D eigenvalue weighted by molar-refractivity contribution is 0.393. The minimum Gasteiger partial charge on any atom is -0.513 e. The summed E-state index contributed by atoms with van der Waals surface area (Å²) >= 11 is 0. The summed E-state index contributed by atoms with van der Waals surface area (Å²) in [6.45, 7) is 8.29. The summed E-state index contributed by atoms with van der Waals surface area (Å²) in [7, 11) is 26.2. The van der Waals surface area contributed by atoms with E-state index in [0.29, 0.717) is 17.3 Å². The van der Waals surface area contributed by atoms with Gasteiger partial charge in [-0.3, -0.25) is 4.57 Å². The summed E-state index contributed by atoms with van der Waals surface area (Å²) in [4.78, 5) is 15.7. The number of para-hydroxylation sites is 3. The zero-order valence-electron chi connectivity index (χ0n) is 32.9. The largest absolute Gasteiger partial charge is 0.513 e. The molecule has 0 aliphatic heterocycles. The van der Waals surface area contributed by atoms with Crippen molar-refractivity contribution in [1.29, 1.82) is 0 Å². The molecule has 0 saturated carbocycles. The second-order valence-corrected chi connectivity index (χ2v) is 16.2. The van der Waals surface area contributed by atoms with Crippen molar-refractivity contribution in [3.8, 4) is 11.6 Å². The maximum atomic E-state index is 10.5. The molecule has 8 radical (unpaired) electrons. The number of nitrogens with zero attached hydrogens (tertiary/aromatic N) is 5. The van der Waals surface area contributed by atoms with Crippen LogP contribution < -0.4 is 0 Å². The van der Waals surface area contributed by atoms with Gasteiger partial charge in [0.15, 0.2) is 11.6 Å². The van der Waals surface area contributed by atoms with Crippen LogP contribution >= 0.6 is 0 Å². The molecule has 2 aliphatic carbocycles. The highest BCUT2D eigenvalue weighted by Gasteiger charge is 2.45. The second kappa shape index (κ2) is 13.9. The summed E-state index contributed by atoms with van der Waals surface area (Å²) in [6.07, 6.45) is 6.63. The van der Waals surface area contributed by atoms with Gasteiger partial charge in [0.2, 0.25) is 5.95 Å². The molecule has 0 bridgehead atoms. The lowest BCUT2D eigenvalue weighted by Gasteiger charge is -2.30. The molecule has 0 spiro atoms. The molecule has 10 heteroatoms. The van der Waals surface area contributed by atoms with E-state index in [1.54, 1.807) is 0 Å². The van der Waals surface area contributed by atoms with Crippen molar-refractivity contribution < 1.29 is 5.11 Å². The molecule has 6 nitrogen and oxygen atoms in total. The highest BCUT2D eigenvalue weighted by atomic mass is 16.3. The molecule has 276 valence electrons. The number of hydrogen-bond acceptors (Lipinski definition) is 4. The predicted octanol–water partition coefficient (Wildman–Crippen LogP) is 10.2. The lowest BCUT2D eigenvalue weighted by atomic mass is 9.59. The van der Waals surface area contributed by atoms with Gasteiger partial charge in [-0.25, -0.2) is 4.98 Å². The standard InChI is InChI=1S/C49H37B4N5O/c1-27(59)43(52)44(53)42(37(51)26-50)47-54-46(28-21-23-36-34(25-28)30-15-7-10-18-35(30)49(36,2)3)55-48(56-47)58-38-19-11-8-16-31(38)32-22-24-40-41(45(32)58)33-17-9-12-20-39(33)57(40)29-13-5-4-6-14-29/h4-25,34,36,43-44,59H,1,26H2,2-3H3/b42-37-. The van der Waals surface area contributed by atoms with Crippen molar-refractivity contribution in [2.45, 2.75) is 43.1 Å². The highest BCUT2D eigenvalue weighted by molar-refractivity contribution is 6.35. The summed E-state index contributed by atoms with van der Waals surface area (Å²) in [6, 6.07) is 40.2. The van der Waals surface area contributed by atoms with E-state index < -0.39 is 11.6 Å². The fraction of sp³-hybridized carbons (Fsp3) is 0.163. The Balaban J connectivity index is 1.30. The first-order chi connectivity index (χ1) is 28.6. The monoisotopic (exact) mass is 755 g/mol. The summed E-state index contributed by atoms with van der Waals surface area (Å²) in [5.41, 5.74) is 8.99. The Morgan fingerprint density at radius 1 is 0.763 bits per heavy atom. The normalized spacial score (nSPS) is 18.4. The molecule has 0 fully saturated rings. The van der Waals surface area contributed by atoms with E-state index in [1.807, 2.05) is 18.2 Å². The molecule has 8 aromatic rings. The van der Waals surface area contributed by atoms with Crippen LogP contribution in [0.25, 0.3) is 66.4 Å². The average molecular weight is 755 g/mol. The molecule has 3 aromatic heterocycles. The average Bonchev–Trinajstić information content (AvgIpc) is 3.86. The Bertz CT molecular complexity index is 3120. The molecule has 5 aromatic carbocycles. The molecular weight excluding hydrogens is 718 g/mol. The van der Waals surface area contributed by atoms with Gasteiger partial charge >= 0.3 is 0 Å². The first kappa shape index (κ1) is 37.0. The van der Waals surface area contributed by atoms with Gasteiger partial charge in [-0.15, -0.1) is 5.47 Å². The number of fused-ring (bicyclic) bond motifs is 10. The lowest BCUT2D eigenvalue weighted by Crippen LogP contribution is -2.25. The van der Waals surface area contributed by atoms with Gasteiger partial charge < -0.3 is 9.67 Å². The summed E-state index contributed by atoms with van der Waals surface area (Å²) in [5, 5.41) is 14.7. The van der Waals surface area contributed by atoms with Crippen LogP contribution in [0.3, 0.4) is 0 Å². The fourth-order valence-corrected chi connectivity index (χ4v) is 9.64. The molecule has 1 N–H and O–H groups in total. The van der Waals surface area contributed by atoms with Gasteiger partial charge in [0.1, 0.15) is 7.85 Å². The minimum absolute atomic E-state index is 0.0444. The topological polar surface area (TPSA) is 68.8 Å². The van der Waals surface area contributed by atoms with Gasteiger partial charge in [-0.1, -0.05) is 130 Å². The van der Waals surface area contributed by atoms with Crippen molar-refractivity contribution in [2.75, 3.05) is 0 Å². The van der Waals surface area contributed by atoms with E-state index in [4.69, 9.17) is 46.3 Å². The second-order valence-electron chi connectivity index (χ2n) is 16.2. The number of aromatic nitrogens is 5. The van der Waals surface area contributed by atoms with Crippen LogP contribution in [0.1, 0.15) is 42.5 Å². The molecule has 0 saturated heterocycles. The quantitative estimate of drug-likeness (QED) is 0.124. The van der Waals surface area contributed by atoms with Crippen molar-refractivity contribution in [3.05, 3.63) is 174 Å². The van der Waals surface area contributed by atoms with E-state index in [9.17, 15) is 5.11 Å². The molecule has 4 unspecified atom stereocenters. The number of hydrogen-bond donors (Lipinski definition) is 1. The fourth-order valence-electron chi connectivity index (χ4n) is 9.64. The van der Waals surface area contributed by atoms with Crippen LogP contribution in [0.4, 0.5) is 0 Å². The smallest absolute Gasteiger partial charge is 0.238 e. The van der Waals surface area contributed by atoms with E-state index in [-0.39, 0.29) is 40.6 Å². The van der Waals surface area contributed by atoms with Crippen LogP contribution in [0, 0.1) is 5.92 Å². The number of benzene rings is 5. The first-order valence-corrected chi connectivity index (χ1v) is 19.9. The van der Waals surface area contributed by atoms with Crippen molar-refractivity contribution in [1.82, 2.24) is 24.1 Å². The number of aliphatic hydroxyl groups is 1. The number of aliphatic hydroxyl groups excluding tert-OH is 1. The zero-order valence-corrected chi connectivity index (χ0v) is 32.9. The van der Waals surface area contributed by atoms with Crippen LogP contribution in [-0.4, -0.2) is 60.6 Å². The highest BCUT2D eigenvalue weighted by Crippen LogP contribution is 2.54. The van der Waals surface area contributed by atoms with Crippen molar-refractivity contribution >= 4 is 86.1 Å². The molecule has 4 atom stereocenters. The summed E-state index contributed by atoms with van der Waals surface area (Å²) in [5.74, 6) is -1.00. The van der Waals surface area contributed by atoms with E-state index >= 15 is 0 Å². The van der Waals surface area contributed by atoms with E-state index in [2.05, 4.69) is 145 Å². The molecule has 59 heavy (non-hydrogen) atoms. The molecule has 2 aliphatic rings. The third-order valence-corrected chi connectivity index (χ3v) is 12.6. The van der Waals surface area contributed by atoms with Gasteiger partial charge in [0, 0.05) is 38.7 Å². The molecular formula is C49H37B4N5O. The van der Waals surface area contributed by atoms with Crippen LogP contribution in [0.15, 0.2) is 151 Å². The first-order valence-electron chi connectivity index (χ1n) is 19.9. The Morgan fingerprint density at radius 2 is 1.44 bits per heavy atom. The maximum Gasteiger partial charge on any atom is 0.238 e. The third-order valence-electron chi connectivity index (χ3n) is 12.6. The van der Waals surface area contributed by atoms with Crippen molar-refractivity contribution in [2.24, 2.45) is 5.92 Å². The maximum absolute atomic E-state index is 10.5. The van der Waals surface area contributed by atoms with Crippen LogP contribution in [-0.2, 0) is 5.41 Å². The van der Waals surface area contributed by atoms with Crippen LogP contribution in [0.2, 0.25) is 18.0 Å². The van der Waals surface area contributed by atoms with Gasteiger partial charge in [0.05, 0.1) is 51.4 Å². The van der Waals surface area contributed by atoms with Gasteiger partial charge in [-0.2, -0.15) is 9.97 Å². The minimum atomic E-state index is -1.07. The number of allylic oxidation sites excluding steroid dienone is 7. The molecule has 0 amide bonds. The van der Waals surface area contributed by atoms with Crippen molar-refractivity contribution in [3.63, 3.8) is 0 Å². The molecule has 10 rings (SSSR count). The Hall–Kier alpha value is -6.27. The van der Waals surface area contributed by atoms with E-state index in [1.165, 1.54) is 11.1 Å². The van der Waals surface area contributed by atoms with E-state index in [0.717, 1.165) is 54.9 Å². The SMILES string of the molecule is [B]C/C([B])=C(/c1nc(C2=CC3c4ccccc4C(C)(C)C3C=C2)nc(-n2c3ccccc3c3ccc4c(c5ccccc5n4-c4ccccc4)c32)n1)C([B])C([B])C(=C)O. The van der Waals surface area contributed by atoms with Gasteiger partial charge in [0.25, 0.3) is 0 Å². The third kappa shape index (κ3) is 5.63. The van der Waals surface area contributed by atoms with Gasteiger partial charge in [-0.05, 0) is 70.0 Å². The predicted molar refractivity (Wildman–Crippen MR) is 245 cm³/mol.